The highest BCUT2D eigenvalue weighted by Gasteiger charge is 2.09. The van der Waals surface area contributed by atoms with Crippen LogP contribution in [0.15, 0.2) is 0 Å². The molecule has 0 radical (unpaired) electrons. The van der Waals surface area contributed by atoms with Gasteiger partial charge in [0.1, 0.15) is 0 Å². The molecule has 0 saturated carbocycles. The Balaban J connectivity index is 3.42. The van der Waals surface area contributed by atoms with Crippen molar-refractivity contribution in [1.82, 2.24) is 0 Å². The van der Waals surface area contributed by atoms with Crippen molar-refractivity contribution in [3.8, 4) is 0 Å². The van der Waals surface area contributed by atoms with Crippen LogP contribution in [0.5, 0.6) is 0 Å². The molecule has 2 atom stereocenters. The lowest BCUT2D eigenvalue weighted by molar-refractivity contribution is 0.180. The number of unbranched alkanes of at least 4 members (excludes halogenated alkanes) is 2. The Morgan fingerprint density at radius 1 is 0.800 bits per heavy atom. The fourth-order valence-corrected chi connectivity index (χ4v) is 2.69. The maximum Gasteiger partial charge on any atom is 0.329 e. The Hall–Kier alpha value is 0.310. The molecule has 0 heterocycles. The van der Waals surface area contributed by atoms with Gasteiger partial charge >= 0.3 is 8.60 Å². The second-order valence-corrected chi connectivity index (χ2v) is 6.97. The minimum absolute atomic E-state index is 0.610. The molecule has 0 aromatic carbocycles. The molecule has 0 fully saturated rings. The molecule has 0 aliphatic carbocycles. The van der Waals surface area contributed by atoms with Gasteiger partial charge < -0.3 is 13.9 Å². The SMILES string of the molecule is CCCCC(C)CCOP(O)OCCC(C)CCCC. The average Bonchev–Trinajstić information content (AvgIpc) is 2.42. The summed E-state index contributed by atoms with van der Waals surface area (Å²) in [4.78, 5) is 9.65. The molecular formula is C16H35O3P. The molecule has 0 bridgehead atoms. The Morgan fingerprint density at radius 2 is 1.20 bits per heavy atom. The molecular weight excluding hydrogens is 271 g/mol. The fraction of sp³-hybridized carbons (Fsp3) is 1.00. The maximum absolute atomic E-state index is 9.65. The summed E-state index contributed by atoms with van der Waals surface area (Å²) in [5, 5.41) is 0. The molecule has 0 amide bonds. The number of hydrogen-bond acceptors (Lipinski definition) is 3. The minimum atomic E-state index is -1.67. The zero-order valence-corrected chi connectivity index (χ0v) is 14.8. The van der Waals surface area contributed by atoms with Crippen LogP contribution in [0.1, 0.15) is 79.1 Å². The van der Waals surface area contributed by atoms with Crippen molar-refractivity contribution in [3.63, 3.8) is 0 Å². The highest BCUT2D eigenvalue weighted by atomic mass is 31.2. The first-order valence-corrected chi connectivity index (χ1v) is 9.47. The van der Waals surface area contributed by atoms with Crippen LogP contribution in [0.3, 0.4) is 0 Å². The molecule has 2 unspecified atom stereocenters. The van der Waals surface area contributed by atoms with Crippen molar-refractivity contribution in [1.29, 1.82) is 0 Å². The van der Waals surface area contributed by atoms with Gasteiger partial charge in [0, 0.05) is 0 Å². The summed E-state index contributed by atoms with van der Waals surface area (Å²) in [7, 11) is -1.67. The smallest absolute Gasteiger partial charge is 0.328 e. The molecule has 122 valence electrons. The van der Waals surface area contributed by atoms with Crippen LogP contribution in [-0.2, 0) is 9.05 Å². The van der Waals surface area contributed by atoms with Crippen LogP contribution >= 0.6 is 8.60 Å². The number of rotatable bonds is 14. The van der Waals surface area contributed by atoms with E-state index in [2.05, 4.69) is 27.7 Å². The van der Waals surface area contributed by atoms with E-state index in [0.717, 1.165) is 12.8 Å². The van der Waals surface area contributed by atoms with Crippen LogP contribution in [0.25, 0.3) is 0 Å². The first-order valence-electron chi connectivity index (χ1n) is 8.34. The Bertz CT molecular complexity index is 182. The summed E-state index contributed by atoms with van der Waals surface area (Å²) < 4.78 is 10.7. The van der Waals surface area contributed by atoms with Gasteiger partial charge in [-0.2, -0.15) is 0 Å². The van der Waals surface area contributed by atoms with Gasteiger partial charge in [0.2, 0.25) is 0 Å². The van der Waals surface area contributed by atoms with Crippen LogP contribution in [0.2, 0.25) is 0 Å². The zero-order valence-electron chi connectivity index (χ0n) is 13.9. The third-order valence-corrected chi connectivity index (χ3v) is 4.53. The highest BCUT2D eigenvalue weighted by Crippen LogP contribution is 2.34. The van der Waals surface area contributed by atoms with Crippen LogP contribution in [0.4, 0.5) is 0 Å². The molecule has 0 aliphatic rings. The molecule has 0 rings (SSSR count). The van der Waals surface area contributed by atoms with E-state index in [-0.39, 0.29) is 0 Å². The van der Waals surface area contributed by atoms with Gasteiger partial charge in [-0.15, -0.1) is 0 Å². The third-order valence-electron chi connectivity index (χ3n) is 3.73. The van der Waals surface area contributed by atoms with Crippen molar-refractivity contribution >= 4 is 8.60 Å². The molecule has 0 aromatic heterocycles. The largest absolute Gasteiger partial charge is 0.329 e. The van der Waals surface area contributed by atoms with Crippen molar-refractivity contribution < 1.29 is 13.9 Å². The van der Waals surface area contributed by atoms with E-state index in [4.69, 9.17) is 9.05 Å². The first-order chi connectivity index (χ1) is 9.60. The first kappa shape index (κ1) is 20.3. The third kappa shape index (κ3) is 13.3. The van der Waals surface area contributed by atoms with Gasteiger partial charge in [0.15, 0.2) is 0 Å². The average molecular weight is 306 g/mol. The van der Waals surface area contributed by atoms with E-state index >= 15 is 0 Å². The molecule has 0 aliphatic heterocycles. The van der Waals surface area contributed by atoms with Gasteiger partial charge in [-0.1, -0.05) is 66.2 Å². The lowest BCUT2D eigenvalue weighted by Gasteiger charge is -2.15. The van der Waals surface area contributed by atoms with Gasteiger partial charge in [-0.05, 0) is 24.7 Å². The molecule has 1 N–H and O–H groups in total. The van der Waals surface area contributed by atoms with Crippen LogP contribution in [-0.4, -0.2) is 18.1 Å². The van der Waals surface area contributed by atoms with Gasteiger partial charge in [-0.25, -0.2) is 0 Å². The molecule has 0 spiro atoms. The summed E-state index contributed by atoms with van der Waals surface area (Å²) in [6, 6.07) is 0. The fourth-order valence-electron chi connectivity index (χ4n) is 2.10. The summed E-state index contributed by atoms with van der Waals surface area (Å²) in [5.74, 6) is 1.35. The van der Waals surface area contributed by atoms with Gasteiger partial charge in [-0.3, -0.25) is 0 Å². The zero-order chi connectivity index (χ0) is 15.2. The predicted molar refractivity (Wildman–Crippen MR) is 87.7 cm³/mol. The van der Waals surface area contributed by atoms with Crippen molar-refractivity contribution in [2.45, 2.75) is 79.1 Å². The topological polar surface area (TPSA) is 38.7 Å². The molecule has 0 aromatic rings. The van der Waals surface area contributed by atoms with Crippen molar-refractivity contribution in [3.05, 3.63) is 0 Å². The Morgan fingerprint density at radius 3 is 1.55 bits per heavy atom. The Labute approximate surface area is 127 Å². The summed E-state index contributed by atoms with van der Waals surface area (Å²) in [5.41, 5.74) is 0. The standard InChI is InChI=1S/C16H35O3P/c1-5-7-9-15(3)11-13-18-20(17)19-14-12-16(4)10-8-6-2/h15-17H,5-14H2,1-4H3. The molecule has 0 saturated heterocycles. The summed E-state index contributed by atoms with van der Waals surface area (Å²) in [6.07, 6.45) is 9.57. The summed E-state index contributed by atoms with van der Waals surface area (Å²) >= 11 is 0. The lowest BCUT2D eigenvalue weighted by atomic mass is 10.0. The van der Waals surface area contributed by atoms with Gasteiger partial charge in [0.05, 0.1) is 13.2 Å². The quantitative estimate of drug-likeness (QED) is 0.420. The van der Waals surface area contributed by atoms with Crippen molar-refractivity contribution in [2.75, 3.05) is 13.2 Å². The Kier molecular flexibility index (Phi) is 14.5. The molecule has 3 nitrogen and oxygen atoms in total. The van der Waals surface area contributed by atoms with E-state index in [1.165, 1.54) is 38.5 Å². The van der Waals surface area contributed by atoms with E-state index in [9.17, 15) is 4.89 Å². The van der Waals surface area contributed by atoms with E-state index in [0.29, 0.717) is 25.0 Å². The highest BCUT2D eigenvalue weighted by molar-refractivity contribution is 7.40. The van der Waals surface area contributed by atoms with Crippen LogP contribution < -0.4 is 0 Å². The predicted octanol–water partition coefficient (Wildman–Crippen LogP) is 5.67. The van der Waals surface area contributed by atoms with E-state index < -0.39 is 8.60 Å². The second-order valence-electron chi connectivity index (χ2n) is 5.98. The molecule has 20 heavy (non-hydrogen) atoms. The summed E-state index contributed by atoms with van der Waals surface area (Å²) in [6.45, 7) is 10.1. The number of hydrogen-bond donors (Lipinski definition) is 1. The van der Waals surface area contributed by atoms with E-state index in [1.807, 2.05) is 0 Å². The molecule has 4 heteroatoms. The maximum atomic E-state index is 9.65. The lowest BCUT2D eigenvalue weighted by Crippen LogP contribution is -2.03. The van der Waals surface area contributed by atoms with E-state index in [1.54, 1.807) is 0 Å². The minimum Gasteiger partial charge on any atom is -0.328 e. The normalized spacial score (nSPS) is 16.1. The second kappa shape index (κ2) is 14.3. The monoisotopic (exact) mass is 306 g/mol. The van der Waals surface area contributed by atoms with Crippen molar-refractivity contribution in [2.24, 2.45) is 11.8 Å². The van der Waals surface area contributed by atoms with Gasteiger partial charge in [0.25, 0.3) is 0 Å². The van der Waals surface area contributed by atoms with Crippen LogP contribution in [0, 0.1) is 11.8 Å².